The van der Waals surface area contributed by atoms with Crippen LogP contribution in [0.4, 0.5) is 0 Å². The SMILES string of the molecule is CCN(CC)C1CCN(S(=O)(=O)c2ccc(CBr)cc2)C1. The Hall–Kier alpha value is -0.430. The second-order valence-corrected chi connectivity index (χ2v) is 7.80. The zero-order valence-electron chi connectivity index (χ0n) is 12.6. The summed E-state index contributed by atoms with van der Waals surface area (Å²) in [6, 6.07) is 7.48. The van der Waals surface area contributed by atoms with Crippen LogP contribution in [0.1, 0.15) is 25.8 Å². The van der Waals surface area contributed by atoms with Gasteiger partial charge in [-0.05, 0) is 37.2 Å². The van der Waals surface area contributed by atoms with Gasteiger partial charge in [0.1, 0.15) is 0 Å². The van der Waals surface area contributed by atoms with Crippen molar-refractivity contribution in [3.63, 3.8) is 0 Å². The molecule has 118 valence electrons. The second kappa shape index (κ2) is 7.22. The van der Waals surface area contributed by atoms with Crippen molar-refractivity contribution in [2.75, 3.05) is 26.2 Å². The van der Waals surface area contributed by atoms with E-state index in [1.165, 1.54) is 0 Å². The molecule has 1 heterocycles. The average Bonchev–Trinajstić information content (AvgIpc) is 2.99. The lowest BCUT2D eigenvalue weighted by atomic mass is 10.2. The maximum absolute atomic E-state index is 12.7. The normalized spacial score (nSPS) is 20.3. The first-order chi connectivity index (χ1) is 10.0. The number of alkyl halides is 1. The number of benzene rings is 1. The lowest BCUT2D eigenvalue weighted by Crippen LogP contribution is -2.38. The zero-order chi connectivity index (χ0) is 15.5. The Morgan fingerprint density at radius 2 is 1.86 bits per heavy atom. The quantitative estimate of drug-likeness (QED) is 0.718. The highest BCUT2D eigenvalue weighted by molar-refractivity contribution is 9.08. The highest BCUT2D eigenvalue weighted by atomic mass is 79.9. The van der Waals surface area contributed by atoms with Crippen LogP contribution in [0.5, 0.6) is 0 Å². The Kier molecular flexibility index (Phi) is 5.82. The molecule has 21 heavy (non-hydrogen) atoms. The van der Waals surface area contributed by atoms with Crippen LogP contribution >= 0.6 is 15.9 Å². The minimum absolute atomic E-state index is 0.344. The topological polar surface area (TPSA) is 40.6 Å². The fourth-order valence-corrected chi connectivity index (χ4v) is 4.73. The third-order valence-electron chi connectivity index (χ3n) is 4.17. The number of nitrogens with zero attached hydrogens (tertiary/aromatic N) is 2. The fourth-order valence-electron chi connectivity index (χ4n) is 2.87. The molecule has 0 amide bonds. The summed E-state index contributed by atoms with van der Waals surface area (Å²) in [6.45, 7) is 7.40. The fraction of sp³-hybridized carbons (Fsp3) is 0.600. The van der Waals surface area contributed by atoms with Crippen molar-refractivity contribution in [3.05, 3.63) is 29.8 Å². The van der Waals surface area contributed by atoms with Crippen molar-refractivity contribution in [1.82, 2.24) is 9.21 Å². The summed E-state index contributed by atoms with van der Waals surface area (Å²) in [7, 11) is -3.36. The van der Waals surface area contributed by atoms with Gasteiger partial charge in [0.15, 0.2) is 0 Å². The van der Waals surface area contributed by atoms with Gasteiger partial charge in [0, 0.05) is 24.5 Å². The summed E-state index contributed by atoms with van der Waals surface area (Å²) in [5.41, 5.74) is 1.08. The van der Waals surface area contributed by atoms with Crippen LogP contribution in [-0.4, -0.2) is 49.8 Å². The van der Waals surface area contributed by atoms with Gasteiger partial charge in [-0.3, -0.25) is 4.90 Å². The monoisotopic (exact) mass is 374 g/mol. The zero-order valence-corrected chi connectivity index (χ0v) is 15.0. The molecule has 1 aliphatic rings. The van der Waals surface area contributed by atoms with Crippen LogP contribution in [0.15, 0.2) is 29.2 Å². The summed E-state index contributed by atoms with van der Waals surface area (Å²) in [5.74, 6) is 0. The van der Waals surface area contributed by atoms with Crippen molar-refractivity contribution >= 4 is 26.0 Å². The van der Waals surface area contributed by atoms with Crippen molar-refractivity contribution in [2.45, 2.75) is 36.5 Å². The predicted octanol–water partition coefficient (Wildman–Crippen LogP) is 2.69. The standard InChI is InChI=1S/C15H23BrN2O2S/c1-3-17(4-2)14-9-10-18(12-14)21(19,20)15-7-5-13(11-16)6-8-15/h5-8,14H,3-4,9-12H2,1-2H3. The van der Waals surface area contributed by atoms with E-state index >= 15 is 0 Å². The molecule has 1 aromatic rings. The van der Waals surface area contributed by atoms with Crippen LogP contribution < -0.4 is 0 Å². The first kappa shape index (κ1) is 16.9. The summed E-state index contributed by atoms with van der Waals surface area (Å²) < 4.78 is 27.0. The van der Waals surface area contributed by atoms with Gasteiger partial charge < -0.3 is 0 Å². The van der Waals surface area contributed by atoms with E-state index in [-0.39, 0.29) is 0 Å². The molecule has 0 saturated carbocycles. The van der Waals surface area contributed by atoms with Crippen LogP contribution in [0.25, 0.3) is 0 Å². The predicted molar refractivity (Wildman–Crippen MR) is 89.2 cm³/mol. The number of rotatable bonds is 6. The van der Waals surface area contributed by atoms with Crippen LogP contribution in [-0.2, 0) is 15.4 Å². The smallest absolute Gasteiger partial charge is 0.243 e. The molecule has 0 aliphatic carbocycles. The minimum Gasteiger partial charge on any atom is -0.300 e. The molecule has 2 rings (SSSR count). The van der Waals surface area contributed by atoms with Crippen molar-refractivity contribution in [2.24, 2.45) is 0 Å². The third kappa shape index (κ3) is 3.67. The molecule has 0 radical (unpaired) electrons. The van der Waals surface area contributed by atoms with Crippen LogP contribution in [0, 0.1) is 0 Å². The number of halogens is 1. The van der Waals surface area contributed by atoms with Crippen molar-refractivity contribution < 1.29 is 8.42 Å². The molecule has 0 N–H and O–H groups in total. The van der Waals surface area contributed by atoms with E-state index < -0.39 is 10.0 Å². The van der Waals surface area contributed by atoms with Gasteiger partial charge in [-0.1, -0.05) is 41.9 Å². The van der Waals surface area contributed by atoms with E-state index in [2.05, 4.69) is 34.7 Å². The van der Waals surface area contributed by atoms with E-state index in [1.54, 1.807) is 16.4 Å². The molecular weight excluding hydrogens is 352 g/mol. The lowest BCUT2D eigenvalue weighted by molar-refractivity contribution is 0.224. The Labute approximate surface area is 136 Å². The summed E-state index contributed by atoms with van der Waals surface area (Å²) in [6.07, 6.45) is 0.917. The van der Waals surface area contributed by atoms with Gasteiger partial charge in [0.25, 0.3) is 0 Å². The van der Waals surface area contributed by atoms with E-state index in [0.29, 0.717) is 24.0 Å². The van der Waals surface area contributed by atoms with Gasteiger partial charge >= 0.3 is 0 Å². The molecule has 1 atom stereocenters. The molecule has 0 spiro atoms. The molecule has 1 aliphatic heterocycles. The Balaban J connectivity index is 2.13. The highest BCUT2D eigenvalue weighted by Crippen LogP contribution is 2.24. The molecular formula is C15H23BrN2O2S. The van der Waals surface area contributed by atoms with Crippen molar-refractivity contribution in [3.8, 4) is 0 Å². The third-order valence-corrected chi connectivity index (χ3v) is 6.70. The van der Waals surface area contributed by atoms with E-state index in [4.69, 9.17) is 0 Å². The molecule has 0 aromatic heterocycles. The lowest BCUT2D eigenvalue weighted by Gasteiger charge is -2.26. The Morgan fingerprint density at radius 1 is 1.24 bits per heavy atom. The summed E-state index contributed by atoms with van der Waals surface area (Å²) in [5, 5.41) is 0.737. The largest absolute Gasteiger partial charge is 0.300 e. The van der Waals surface area contributed by atoms with Gasteiger partial charge in [-0.15, -0.1) is 0 Å². The molecule has 1 saturated heterocycles. The second-order valence-electron chi connectivity index (χ2n) is 5.30. The van der Waals surface area contributed by atoms with Crippen LogP contribution in [0.2, 0.25) is 0 Å². The maximum atomic E-state index is 12.7. The summed E-state index contributed by atoms with van der Waals surface area (Å²) >= 11 is 3.37. The number of likely N-dealkylation sites (N-methyl/N-ethyl adjacent to an activating group) is 1. The van der Waals surface area contributed by atoms with E-state index in [0.717, 1.165) is 30.4 Å². The molecule has 1 aromatic carbocycles. The number of hydrogen-bond acceptors (Lipinski definition) is 3. The Bertz CT molecular complexity index is 556. The van der Waals surface area contributed by atoms with Gasteiger partial charge in [-0.25, -0.2) is 8.42 Å². The van der Waals surface area contributed by atoms with E-state index in [1.807, 2.05) is 12.1 Å². The molecule has 4 nitrogen and oxygen atoms in total. The summed E-state index contributed by atoms with van der Waals surface area (Å²) in [4.78, 5) is 2.73. The minimum atomic E-state index is -3.36. The Morgan fingerprint density at radius 3 is 2.38 bits per heavy atom. The molecule has 1 fully saturated rings. The first-order valence-electron chi connectivity index (χ1n) is 7.42. The molecule has 1 unspecified atom stereocenters. The first-order valence-corrected chi connectivity index (χ1v) is 9.98. The van der Waals surface area contributed by atoms with E-state index in [9.17, 15) is 8.42 Å². The van der Waals surface area contributed by atoms with Crippen molar-refractivity contribution in [1.29, 1.82) is 0 Å². The van der Waals surface area contributed by atoms with Gasteiger partial charge in [-0.2, -0.15) is 4.31 Å². The van der Waals surface area contributed by atoms with Gasteiger partial charge in [0.05, 0.1) is 4.90 Å². The average molecular weight is 375 g/mol. The maximum Gasteiger partial charge on any atom is 0.243 e. The number of hydrogen-bond donors (Lipinski definition) is 0. The highest BCUT2D eigenvalue weighted by Gasteiger charge is 2.34. The number of sulfonamides is 1. The van der Waals surface area contributed by atoms with Crippen LogP contribution in [0.3, 0.4) is 0 Å². The molecule has 6 heteroatoms. The molecule has 0 bridgehead atoms. The van der Waals surface area contributed by atoms with Gasteiger partial charge in [0.2, 0.25) is 10.0 Å².